The molecule has 7 rings (SSSR count). The Morgan fingerprint density at radius 3 is 2.52 bits per heavy atom. The highest BCUT2D eigenvalue weighted by Crippen LogP contribution is 2.52. The summed E-state index contributed by atoms with van der Waals surface area (Å²) in [5.74, 6) is -1.05. The fourth-order valence-corrected chi connectivity index (χ4v) is 8.33. The maximum Gasteiger partial charge on any atom is 0.244 e. The standard InChI is InChI=1S/C32H28ClF2N5O3S/c33-30-10-9-27(18-37-30)44(42,43)39(19-20-1-2-20)26-6-3-22-13-29-21(17-38-40(29)25-7-4-23(34)5-8-25)15-32(22,16-26)31(41)28-14-24(35)11-12-36-28/h4-5,7-14,17-18,20,26H,1-3,6,15-16,19H2/t26-,32-/m0/s1. The van der Waals surface area contributed by atoms with Crippen LogP contribution in [0.1, 0.15) is 53.8 Å². The van der Waals surface area contributed by atoms with Crippen molar-refractivity contribution < 1.29 is 22.0 Å². The number of carbonyl (C=O) groups is 1. The largest absolute Gasteiger partial charge is 0.291 e. The van der Waals surface area contributed by atoms with Crippen molar-refractivity contribution >= 4 is 33.5 Å². The maximum atomic E-state index is 14.5. The van der Waals surface area contributed by atoms with Crippen molar-refractivity contribution in [2.45, 2.75) is 49.5 Å². The Balaban J connectivity index is 1.31. The molecule has 2 saturated carbocycles. The minimum atomic E-state index is -3.97. The molecule has 0 spiro atoms. The van der Waals surface area contributed by atoms with Gasteiger partial charge in [-0.2, -0.15) is 9.40 Å². The second-order valence-electron chi connectivity index (χ2n) is 11.8. The van der Waals surface area contributed by atoms with Crippen molar-refractivity contribution in [1.29, 1.82) is 0 Å². The van der Waals surface area contributed by atoms with Crippen LogP contribution in [0.4, 0.5) is 8.78 Å². The first-order chi connectivity index (χ1) is 21.1. The molecule has 2 atom stereocenters. The number of rotatable bonds is 8. The number of nitrogens with zero attached hydrogens (tertiary/aromatic N) is 5. The predicted octanol–water partition coefficient (Wildman–Crippen LogP) is 6.06. The Morgan fingerprint density at radius 2 is 1.82 bits per heavy atom. The van der Waals surface area contributed by atoms with E-state index >= 15 is 0 Å². The van der Waals surface area contributed by atoms with Crippen molar-refractivity contribution in [3.8, 4) is 5.69 Å². The van der Waals surface area contributed by atoms with Crippen LogP contribution >= 0.6 is 11.6 Å². The Bertz CT molecular complexity index is 1890. The Hall–Kier alpha value is -3.80. The second-order valence-corrected chi connectivity index (χ2v) is 14.1. The van der Waals surface area contributed by atoms with Crippen LogP contribution in [-0.4, -0.2) is 50.8 Å². The molecule has 0 bridgehead atoms. The molecule has 1 aromatic carbocycles. The molecule has 0 N–H and O–H groups in total. The van der Waals surface area contributed by atoms with Gasteiger partial charge < -0.3 is 0 Å². The van der Waals surface area contributed by atoms with Crippen LogP contribution in [-0.2, 0) is 16.4 Å². The van der Waals surface area contributed by atoms with E-state index in [4.69, 9.17) is 11.6 Å². The Morgan fingerprint density at radius 1 is 1.02 bits per heavy atom. The summed E-state index contributed by atoms with van der Waals surface area (Å²) in [5, 5.41) is 4.75. The number of pyridine rings is 2. The summed E-state index contributed by atoms with van der Waals surface area (Å²) in [7, 11) is -3.97. The van der Waals surface area contributed by atoms with Crippen molar-refractivity contribution in [3.05, 3.63) is 106 Å². The summed E-state index contributed by atoms with van der Waals surface area (Å²) in [6.45, 7) is 0.338. The number of hydrogen-bond acceptors (Lipinski definition) is 6. The number of hydrogen-bond donors (Lipinski definition) is 0. The summed E-state index contributed by atoms with van der Waals surface area (Å²) in [5.41, 5.74) is 1.87. The highest BCUT2D eigenvalue weighted by atomic mass is 35.5. The van der Waals surface area contributed by atoms with Gasteiger partial charge in [-0.15, -0.1) is 0 Å². The third kappa shape index (κ3) is 5.16. The van der Waals surface area contributed by atoms with Crippen LogP contribution in [0, 0.1) is 23.0 Å². The molecule has 0 saturated heterocycles. The van der Waals surface area contributed by atoms with Gasteiger partial charge in [0.1, 0.15) is 27.4 Å². The quantitative estimate of drug-likeness (QED) is 0.173. The van der Waals surface area contributed by atoms with Gasteiger partial charge in [-0.3, -0.25) is 9.78 Å². The molecule has 3 aliphatic rings. The number of sulfonamides is 1. The van der Waals surface area contributed by atoms with Gasteiger partial charge in [0.15, 0.2) is 5.78 Å². The third-order valence-electron chi connectivity index (χ3n) is 8.94. The number of aromatic nitrogens is 4. The minimum absolute atomic E-state index is 0.00979. The monoisotopic (exact) mass is 635 g/mol. The Kier molecular flexibility index (Phi) is 7.22. The number of Topliss-reactive ketones (excluding diaryl/α,β-unsaturated/α-hetero) is 1. The highest BCUT2D eigenvalue weighted by Gasteiger charge is 2.52. The van der Waals surface area contributed by atoms with Crippen LogP contribution in [0.5, 0.6) is 0 Å². The van der Waals surface area contributed by atoms with E-state index in [9.17, 15) is 22.0 Å². The smallest absolute Gasteiger partial charge is 0.244 e. The molecule has 2 fully saturated rings. The predicted molar refractivity (Wildman–Crippen MR) is 160 cm³/mol. The lowest BCUT2D eigenvalue weighted by molar-refractivity contribution is 0.0734. The molecule has 226 valence electrons. The Labute approximate surface area is 258 Å². The molecule has 0 radical (unpaired) electrons. The van der Waals surface area contributed by atoms with Crippen molar-refractivity contribution in [2.24, 2.45) is 11.3 Å². The molecule has 0 amide bonds. The van der Waals surface area contributed by atoms with Gasteiger partial charge in [-0.25, -0.2) is 26.9 Å². The third-order valence-corrected chi connectivity index (χ3v) is 11.1. The molecule has 0 aliphatic heterocycles. The SMILES string of the molecule is O=C(c1cc(F)ccn1)[C@]12Cc3cnn(-c4ccc(F)cc4)c3C=C1CC[C@H](N(CC1CC1)S(=O)(=O)c1ccc(Cl)nc1)C2. The first-order valence-electron chi connectivity index (χ1n) is 14.5. The van der Waals surface area contributed by atoms with E-state index in [2.05, 4.69) is 15.1 Å². The van der Waals surface area contributed by atoms with Gasteiger partial charge in [-0.05, 0) is 98.5 Å². The molecule has 12 heteroatoms. The van der Waals surface area contributed by atoms with Crippen LogP contribution in [0.2, 0.25) is 5.15 Å². The molecular weight excluding hydrogens is 608 g/mol. The van der Waals surface area contributed by atoms with E-state index in [1.165, 1.54) is 47.0 Å². The summed E-state index contributed by atoms with van der Waals surface area (Å²) >= 11 is 5.95. The van der Waals surface area contributed by atoms with Gasteiger partial charge in [0, 0.05) is 31.0 Å². The number of fused-ring (bicyclic) bond motifs is 2. The number of halogens is 3. The summed E-state index contributed by atoms with van der Waals surface area (Å²) in [6.07, 6.45) is 9.39. The molecule has 8 nitrogen and oxygen atoms in total. The average molecular weight is 636 g/mol. The van der Waals surface area contributed by atoms with E-state index < -0.39 is 27.3 Å². The molecule has 0 unspecified atom stereocenters. The molecule has 4 aromatic rings. The van der Waals surface area contributed by atoms with Crippen LogP contribution in [0.25, 0.3) is 11.8 Å². The number of carbonyl (C=O) groups excluding carboxylic acids is 1. The zero-order valence-corrected chi connectivity index (χ0v) is 25.1. The van der Waals surface area contributed by atoms with Gasteiger partial charge >= 0.3 is 0 Å². The van der Waals surface area contributed by atoms with Crippen LogP contribution in [0.15, 0.2) is 77.6 Å². The summed E-state index contributed by atoms with van der Waals surface area (Å²) in [6, 6.07) is 10.7. The van der Waals surface area contributed by atoms with Crippen molar-refractivity contribution in [1.82, 2.24) is 24.1 Å². The minimum Gasteiger partial charge on any atom is -0.291 e. The lowest BCUT2D eigenvalue weighted by Crippen LogP contribution is -2.51. The van der Waals surface area contributed by atoms with Crippen molar-refractivity contribution in [2.75, 3.05) is 6.54 Å². The average Bonchev–Trinajstić information content (AvgIpc) is 3.76. The summed E-state index contributed by atoms with van der Waals surface area (Å²) in [4.78, 5) is 22.7. The van der Waals surface area contributed by atoms with Crippen molar-refractivity contribution in [3.63, 3.8) is 0 Å². The molecule has 3 aromatic heterocycles. The fraction of sp³-hybridized carbons (Fsp3) is 0.312. The van der Waals surface area contributed by atoms with Gasteiger partial charge in [0.2, 0.25) is 10.0 Å². The van der Waals surface area contributed by atoms with Crippen LogP contribution < -0.4 is 0 Å². The molecule has 44 heavy (non-hydrogen) atoms. The number of allylic oxidation sites excluding steroid dienone is 1. The number of ketones is 1. The van der Waals surface area contributed by atoms with Crippen LogP contribution in [0.3, 0.4) is 0 Å². The molecular formula is C32H28ClF2N5O3S. The lowest BCUT2D eigenvalue weighted by Gasteiger charge is -2.46. The second kappa shape index (κ2) is 11.0. The van der Waals surface area contributed by atoms with E-state index in [0.29, 0.717) is 25.1 Å². The molecule has 3 aliphatic carbocycles. The van der Waals surface area contributed by atoms with E-state index in [-0.39, 0.29) is 46.1 Å². The normalized spacial score (nSPS) is 21.5. The zero-order chi connectivity index (χ0) is 30.6. The van der Waals surface area contributed by atoms with Gasteiger partial charge in [0.05, 0.1) is 23.0 Å². The first kappa shape index (κ1) is 28.9. The maximum absolute atomic E-state index is 14.5. The number of benzene rings is 1. The van der Waals surface area contributed by atoms with Gasteiger partial charge in [-0.1, -0.05) is 17.2 Å². The topological polar surface area (TPSA) is 98.0 Å². The molecule has 3 heterocycles. The van der Waals surface area contributed by atoms with E-state index in [1.807, 2.05) is 6.08 Å². The van der Waals surface area contributed by atoms with E-state index in [1.54, 1.807) is 23.0 Å². The zero-order valence-electron chi connectivity index (χ0n) is 23.5. The van der Waals surface area contributed by atoms with Gasteiger partial charge in [0.25, 0.3) is 0 Å². The summed E-state index contributed by atoms with van der Waals surface area (Å²) < 4.78 is 59.4. The van der Waals surface area contributed by atoms with E-state index in [0.717, 1.165) is 35.7 Å². The fourth-order valence-electron chi connectivity index (χ4n) is 6.54. The lowest BCUT2D eigenvalue weighted by atomic mass is 9.60. The highest BCUT2D eigenvalue weighted by molar-refractivity contribution is 7.89. The first-order valence-corrected chi connectivity index (χ1v) is 16.3.